The Morgan fingerprint density at radius 3 is 2.46 bits per heavy atom. The molecular weight excluding hydrogens is 521 g/mol. The summed E-state index contributed by atoms with van der Waals surface area (Å²) in [6, 6.07) is 7.15. The van der Waals surface area contributed by atoms with Crippen molar-refractivity contribution >= 4 is 31.0 Å². The molecule has 0 bridgehead atoms. The molecule has 9 heteroatoms. The lowest BCUT2D eigenvalue weighted by atomic mass is 9.58. The average molecular weight is 566 g/mol. The second kappa shape index (κ2) is 14.3. The smallest absolute Gasteiger partial charge is 0.455 e. The third-order valence-corrected chi connectivity index (χ3v) is 8.79. The molecule has 0 saturated carbocycles. The molecule has 1 aromatic carbocycles. The van der Waals surface area contributed by atoms with E-state index in [4.69, 9.17) is 9.76 Å². The van der Waals surface area contributed by atoms with E-state index in [1.807, 2.05) is 12.1 Å². The van der Waals surface area contributed by atoms with E-state index in [0.717, 1.165) is 43.2 Å². The molecule has 0 aromatic heterocycles. The fraction of sp³-hybridized carbons (Fsp3) is 0.594. The number of carboxylic acid groups (broad SMARTS) is 1. The summed E-state index contributed by atoms with van der Waals surface area (Å²) < 4.78 is 6.15. The van der Waals surface area contributed by atoms with E-state index in [0.29, 0.717) is 45.0 Å². The third-order valence-electron chi connectivity index (χ3n) is 8.79. The van der Waals surface area contributed by atoms with Gasteiger partial charge in [-0.3, -0.25) is 19.3 Å². The van der Waals surface area contributed by atoms with Gasteiger partial charge in [-0.15, -0.1) is 0 Å². The zero-order valence-corrected chi connectivity index (χ0v) is 24.4. The summed E-state index contributed by atoms with van der Waals surface area (Å²) in [5, 5.41) is 29.3. The summed E-state index contributed by atoms with van der Waals surface area (Å²) in [6.07, 6.45) is 9.76. The molecular formula is C32H44BNO7. The molecule has 1 aromatic rings. The van der Waals surface area contributed by atoms with Crippen LogP contribution in [0.1, 0.15) is 90.0 Å². The standard InChI is InChI=1S/C32H44BNO7/c1-3-8-21(18-22-11-14-24(35)15-12-22)13-16-27-29-23(9-4-2)19-25-30(26(29)20-33(40)41-27)32(39)34(31(25)38)17-7-5-6-10-28(36)37/h11-12,14-15,18,25-27,30,35,40H,3-10,13,16-17,19-20H2,1-2H3,(H,36,37)/b21-18+/t25-,26+,27-,30-/m1/s1. The minimum atomic E-state index is -0.987. The molecule has 2 aliphatic heterocycles. The van der Waals surface area contributed by atoms with Crippen LogP contribution in [-0.2, 0) is 19.0 Å². The van der Waals surface area contributed by atoms with Gasteiger partial charge in [-0.05, 0) is 80.5 Å². The molecule has 2 amide bonds. The van der Waals surface area contributed by atoms with Crippen LogP contribution >= 0.6 is 0 Å². The van der Waals surface area contributed by atoms with Gasteiger partial charge >= 0.3 is 13.1 Å². The first-order chi connectivity index (χ1) is 19.7. The molecule has 0 unspecified atom stereocenters. The van der Waals surface area contributed by atoms with Gasteiger partial charge < -0.3 is 19.9 Å². The molecule has 2 saturated heterocycles. The normalized spacial score (nSPS) is 24.6. The molecule has 3 aliphatic rings. The second-order valence-corrected chi connectivity index (χ2v) is 11.8. The highest BCUT2D eigenvalue weighted by Crippen LogP contribution is 2.51. The van der Waals surface area contributed by atoms with Crippen LogP contribution in [0.4, 0.5) is 0 Å². The van der Waals surface area contributed by atoms with Crippen molar-refractivity contribution in [3.8, 4) is 5.75 Å². The fourth-order valence-electron chi connectivity index (χ4n) is 7.02. The van der Waals surface area contributed by atoms with E-state index in [2.05, 4.69) is 19.9 Å². The number of allylic oxidation sites excluding steroid dienone is 2. The van der Waals surface area contributed by atoms with Gasteiger partial charge in [0.05, 0.1) is 17.9 Å². The number of rotatable bonds is 14. The van der Waals surface area contributed by atoms with Gasteiger partial charge in [-0.1, -0.05) is 62.5 Å². The molecule has 0 radical (unpaired) electrons. The number of likely N-dealkylation sites (tertiary alicyclic amines) is 1. The topological polar surface area (TPSA) is 124 Å². The molecule has 0 spiro atoms. The van der Waals surface area contributed by atoms with Crippen molar-refractivity contribution in [2.45, 2.75) is 96.9 Å². The number of unbranched alkanes of at least 4 members (excludes halogenated alkanes) is 2. The first-order valence-electron chi connectivity index (χ1n) is 15.3. The molecule has 1 aliphatic carbocycles. The second-order valence-electron chi connectivity index (χ2n) is 11.8. The lowest BCUT2D eigenvalue weighted by molar-refractivity contribution is -0.141. The van der Waals surface area contributed by atoms with Gasteiger partial charge in [-0.25, -0.2) is 0 Å². The summed E-state index contributed by atoms with van der Waals surface area (Å²) in [7, 11) is -0.987. The van der Waals surface area contributed by atoms with E-state index >= 15 is 0 Å². The van der Waals surface area contributed by atoms with Gasteiger partial charge in [0.2, 0.25) is 11.8 Å². The number of carboxylic acids is 1. The SMILES string of the molecule is CCCC1=C2[C@@H](CC/C(=C/c3ccc(O)cc3)CCC)OB(O)C[C@@H]2[C@@H]2C(=O)N(CCCCCC(=O)O)C(=O)[C@@H]2C1. The van der Waals surface area contributed by atoms with Crippen LogP contribution in [0.3, 0.4) is 0 Å². The Hall–Kier alpha value is -2.91. The number of carbonyl (C=O) groups is 3. The highest BCUT2D eigenvalue weighted by molar-refractivity contribution is 6.43. The average Bonchev–Trinajstić information content (AvgIpc) is 3.17. The Morgan fingerprint density at radius 2 is 1.78 bits per heavy atom. The first-order valence-corrected chi connectivity index (χ1v) is 15.3. The van der Waals surface area contributed by atoms with E-state index in [1.165, 1.54) is 16.0 Å². The van der Waals surface area contributed by atoms with Crippen molar-refractivity contribution < 1.29 is 34.3 Å². The monoisotopic (exact) mass is 565 g/mol. The lowest BCUT2D eigenvalue weighted by Gasteiger charge is -2.43. The predicted molar refractivity (Wildman–Crippen MR) is 158 cm³/mol. The van der Waals surface area contributed by atoms with Crippen LogP contribution in [0, 0.1) is 17.8 Å². The van der Waals surface area contributed by atoms with Crippen LogP contribution in [0.15, 0.2) is 41.0 Å². The lowest BCUT2D eigenvalue weighted by Crippen LogP contribution is -2.46. The number of aliphatic carboxylic acids is 1. The van der Waals surface area contributed by atoms with E-state index in [1.54, 1.807) is 12.1 Å². The van der Waals surface area contributed by atoms with E-state index in [-0.39, 0.29) is 36.0 Å². The van der Waals surface area contributed by atoms with E-state index in [9.17, 15) is 24.5 Å². The highest BCUT2D eigenvalue weighted by Gasteiger charge is 2.56. The van der Waals surface area contributed by atoms with Gasteiger partial charge in [0.25, 0.3) is 0 Å². The van der Waals surface area contributed by atoms with Crippen molar-refractivity contribution in [1.82, 2.24) is 4.90 Å². The quantitative estimate of drug-likeness (QED) is 0.116. The molecule has 222 valence electrons. The Balaban J connectivity index is 1.53. The molecule has 41 heavy (non-hydrogen) atoms. The number of hydrogen-bond acceptors (Lipinski definition) is 6. The number of benzene rings is 1. The Kier molecular flexibility index (Phi) is 10.8. The van der Waals surface area contributed by atoms with Gasteiger partial charge in [0, 0.05) is 13.0 Å². The molecule has 2 fully saturated rings. The van der Waals surface area contributed by atoms with Crippen molar-refractivity contribution in [3.63, 3.8) is 0 Å². The number of imide groups is 1. The van der Waals surface area contributed by atoms with Gasteiger partial charge in [0.15, 0.2) is 0 Å². The van der Waals surface area contributed by atoms with Gasteiger partial charge in [-0.2, -0.15) is 0 Å². The fourth-order valence-corrected chi connectivity index (χ4v) is 7.02. The number of nitrogens with zero attached hydrogens (tertiary/aromatic N) is 1. The van der Waals surface area contributed by atoms with Gasteiger partial charge in [0.1, 0.15) is 5.75 Å². The first kappa shape index (κ1) is 31.0. The Bertz CT molecular complexity index is 1160. The molecule has 4 rings (SSSR count). The zero-order valence-electron chi connectivity index (χ0n) is 24.4. The summed E-state index contributed by atoms with van der Waals surface area (Å²) in [6.45, 7) is 4.58. The van der Waals surface area contributed by atoms with Crippen molar-refractivity contribution in [2.75, 3.05) is 6.54 Å². The third kappa shape index (κ3) is 7.49. The number of amides is 2. The maximum absolute atomic E-state index is 13.7. The van der Waals surface area contributed by atoms with E-state index < -0.39 is 24.9 Å². The molecule has 8 nitrogen and oxygen atoms in total. The number of carbonyl (C=O) groups excluding carboxylic acids is 2. The van der Waals surface area contributed by atoms with Crippen molar-refractivity contribution in [3.05, 3.63) is 46.5 Å². The van der Waals surface area contributed by atoms with Crippen LogP contribution < -0.4 is 0 Å². The van der Waals surface area contributed by atoms with Crippen molar-refractivity contribution in [2.24, 2.45) is 17.8 Å². The maximum atomic E-state index is 13.7. The Morgan fingerprint density at radius 1 is 1.02 bits per heavy atom. The largest absolute Gasteiger partial charge is 0.508 e. The van der Waals surface area contributed by atoms with Crippen LogP contribution in [-0.4, -0.2) is 57.7 Å². The number of phenols is 1. The Labute approximate surface area is 243 Å². The summed E-state index contributed by atoms with van der Waals surface area (Å²) in [5.41, 5.74) is 4.63. The zero-order chi connectivity index (χ0) is 29.5. The maximum Gasteiger partial charge on any atom is 0.455 e. The predicted octanol–water partition coefficient (Wildman–Crippen LogP) is 5.60. The number of fused-ring (bicyclic) bond motifs is 3. The molecule has 3 N–H and O–H groups in total. The highest BCUT2D eigenvalue weighted by atomic mass is 16.5. The van der Waals surface area contributed by atoms with Crippen LogP contribution in [0.5, 0.6) is 5.75 Å². The molecule has 4 atom stereocenters. The number of aromatic hydroxyl groups is 1. The minimum Gasteiger partial charge on any atom is -0.508 e. The van der Waals surface area contributed by atoms with Crippen molar-refractivity contribution in [1.29, 1.82) is 0 Å². The number of phenolic OH excluding ortho intramolecular Hbond substituents is 1. The van der Waals surface area contributed by atoms with Crippen LogP contribution in [0.2, 0.25) is 6.32 Å². The summed E-state index contributed by atoms with van der Waals surface area (Å²) >= 11 is 0. The van der Waals surface area contributed by atoms with Crippen LogP contribution in [0.25, 0.3) is 6.08 Å². The minimum absolute atomic E-state index is 0.0895. The summed E-state index contributed by atoms with van der Waals surface area (Å²) in [5.74, 6) is -1.95. The molecule has 2 heterocycles. The number of hydrogen-bond donors (Lipinski definition) is 3. The summed E-state index contributed by atoms with van der Waals surface area (Å²) in [4.78, 5) is 39.3.